The Hall–Kier alpha value is -2.44. The molecule has 7 nitrogen and oxygen atoms in total. The number of benzene rings is 1. The summed E-state index contributed by atoms with van der Waals surface area (Å²) in [4.78, 5) is 0. The average Bonchev–Trinajstić information content (AvgIpc) is 2.11. The zero-order chi connectivity index (χ0) is 11.4. The standard InChI is InChI=1S/C8H11N5O2/c9-7(10)13-8(11)12-4-2-1-3-5(14)6(4)15/h1-3,14-15H,(H6,9,10,11,12,13). The van der Waals surface area contributed by atoms with E-state index >= 15 is 0 Å². The molecule has 0 saturated heterocycles. The molecule has 1 rings (SSSR count). The number of anilines is 1. The van der Waals surface area contributed by atoms with Crippen molar-refractivity contribution >= 4 is 17.6 Å². The van der Waals surface area contributed by atoms with Crippen molar-refractivity contribution in [1.29, 1.82) is 10.8 Å². The number of aromatic hydroxyl groups is 2. The van der Waals surface area contributed by atoms with Crippen molar-refractivity contribution in [2.24, 2.45) is 5.73 Å². The van der Waals surface area contributed by atoms with Gasteiger partial charge in [0.2, 0.25) is 0 Å². The lowest BCUT2D eigenvalue weighted by Crippen LogP contribution is -2.39. The molecule has 1 aromatic rings. The van der Waals surface area contributed by atoms with Gasteiger partial charge in [0, 0.05) is 0 Å². The van der Waals surface area contributed by atoms with Crippen molar-refractivity contribution in [2.45, 2.75) is 0 Å². The van der Waals surface area contributed by atoms with Gasteiger partial charge in [0.1, 0.15) is 0 Å². The van der Waals surface area contributed by atoms with Crippen LogP contribution in [0.3, 0.4) is 0 Å². The van der Waals surface area contributed by atoms with Gasteiger partial charge in [-0.3, -0.25) is 16.1 Å². The van der Waals surface area contributed by atoms with Crippen LogP contribution >= 0.6 is 0 Å². The van der Waals surface area contributed by atoms with Crippen LogP contribution in [0.25, 0.3) is 0 Å². The van der Waals surface area contributed by atoms with Crippen molar-refractivity contribution < 1.29 is 10.2 Å². The van der Waals surface area contributed by atoms with E-state index < -0.39 is 5.96 Å². The van der Waals surface area contributed by atoms with Crippen molar-refractivity contribution in [1.82, 2.24) is 5.32 Å². The summed E-state index contributed by atoms with van der Waals surface area (Å²) in [5.41, 5.74) is 5.14. The third-order valence-electron chi connectivity index (χ3n) is 1.53. The molecule has 0 radical (unpaired) electrons. The van der Waals surface area contributed by atoms with Crippen molar-refractivity contribution in [3.05, 3.63) is 18.2 Å². The Labute approximate surface area is 85.6 Å². The quantitative estimate of drug-likeness (QED) is 0.197. The molecule has 0 atom stereocenters. The van der Waals surface area contributed by atoms with E-state index in [1.165, 1.54) is 18.2 Å². The Bertz CT molecular complexity index is 404. The van der Waals surface area contributed by atoms with Crippen LogP contribution in [-0.2, 0) is 0 Å². The predicted octanol–water partition coefficient (Wildman–Crippen LogP) is -0.0725. The molecule has 0 amide bonds. The van der Waals surface area contributed by atoms with E-state index in [-0.39, 0.29) is 23.1 Å². The van der Waals surface area contributed by atoms with Crippen LogP contribution in [-0.4, -0.2) is 22.1 Å². The second kappa shape index (κ2) is 4.18. The fourth-order valence-corrected chi connectivity index (χ4v) is 0.933. The van der Waals surface area contributed by atoms with E-state index in [9.17, 15) is 5.11 Å². The summed E-state index contributed by atoms with van der Waals surface area (Å²) in [5, 5.41) is 37.3. The first-order chi connectivity index (χ1) is 7.00. The molecule has 0 aliphatic rings. The summed E-state index contributed by atoms with van der Waals surface area (Å²) in [6, 6.07) is 4.27. The first kappa shape index (κ1) is 10.6. The first-order valence-electron chi connectivity index (χ1n) is 3.98. The largest absolute Gasteiger partial charge is 0.504 e. The Balaban J connectivity index is 2.77. The predicted molar refractivity (Wildman–Crippen MR) is 56.2 cm³/mol. The molecule has 0 fully saturated rings. The summed E-state index contributed by atoms with van der Waals surface area (Å²) in [6.07, 6.45) is 0. The highest BCUT2D eigenvalue weighted by atomic mass is 16.3. The highest BCUT2D eigenvalue weighted by Crippen LogP contribution is 2.32. The maximum atomic E-state index is 9.36. The van der Waals surface area contributed by atoms with Gasteiger partial charge in [-0.05, 0) is 12.1 Å². The molecule has 1 aromatic carbocycles. The van der Waals surface area contributed by atoms with Gasteiger partial charge in [0.15, 0.2) is 23.4 Å². The summed E-state index contributed by atoms with van der Waals surface area (Å²) >= 11 is 0. The van der Waals surface area contributed by atoms with Crippen molar-refractivity contribution in [3.63, 3.8) is 0 Å². The second-order valence-corrected chi connectivity index (χ2v) is 2.71. The lowest BCUT2D eigenvalue weighted by Gasteiger charge is -2.10. The monoisotopic (exact) mass is 209 g/mol. The fraction of sp³-hybridized carbons (Fsp3) is 0. The molecule has 80 valence electrons. The SMILES string of the molecule is N=C(N)NC(=N)Nc1cccc(O)c1O. The van der Waals surface area contributed by atoms with E-state index in [0.29, 0.717) is 0 Å². The topological polar surface area (TPSA) is 138 Å². The minimum atomic E-state index is -0.396. The van der Waals surface area contributed by atoms with Gasteiger partial charge < -0.3 is 21.3 Å². The van der Waals surface area contributed by atoms with Gasteiger partial charge in [-0.2, -0.15) is 0 Å². The number of hydrogen-bond donors (Lipinski definition) is 7. The molecule has 0 bridgehead atoms. The van der Waals surface area contributed by atoms with Crippen LogP contribution in [0, 0.1) is 10.8 Å². The normalized spacial score (nSPS) is 9.33. The summed E-state index contributed by atoms with van der Waals surface area (Å²) < 4.78 is 0. The Morgan fingerprint density at radius 1 is 1.27 bits per heavy atom. The van der Waals surface area contributed by atoms with Gasteiger partial charge in [-0.1, -0.05) is 6.07 Å². The van der Waals surface area contributed by atoms with E-state index in [1.54, 1.807) is 0 Å². The number of nitrogens with one attached hydrogen (secondary N) is 4. The average molecular weight is 209 g/mol. The lowest BCUT2D eigenvalue weighted by molar-refractivity contribution is 0.405. The highest BCUT2D eigenvalue weighted by Gasteiger charge is 2.06. The molecule has 0 unspecified atom stereocenters. The van der Waals surface area contributed by atoms with Gasteiger partial charge in [-0.25, -0.2) is 0 Å². The molecule has 15 heavy (non-hydrogen) atoms. The Morgan fingerprint density at radius 3 is 2.53 bits per heavy atom. The van der Waals surface area contributed by atoms with Gasteiger partial charge in [-0.15, -0.1) is 0 Å². The number of guanidine groups is 2. The maximum Gasteiger partial charge on any atom is 0.199 e. The van der Waals surface area contributed by atoms with Gasteiger partial charge >= 0.3 is 0 Å². The number of phenolic OH excluding ortho intramolecular Hbond substituents is 2. The third kappa shape index (κ3) is 2.76. The minimum Gasteiger partial charge on any atom is -0.504 e. The van der Waals surface area contributed by atoms with Gasteiger partial charge in [0.05, 0.1) is 5.69 Å². The first-order valence-corrected chi connectivity index (χ1v) is 3.98. The van der Waals surface area contributed by atoms with E-state index in [2.05, 4.69) is 10.6 Å². The van der Waals surface area contributed by atoms with Crippen molar-refractivity contribution in [3.8, 4) is 11.5 Å². The molecule has 7 heteroatoms. The number of para-hydroxylation sites is 1. The summed E-state index contributed by atoms with van der Waals surface area (Å²) in [7, 11) is 0. The molecule has 0 aliphatic heterocycles. The zero-order valence-corrected chi connectivity index (χ0v) is 7.70. The Kier molecular flexibility index (Phi) is 2.97. The summed E-state index contributed by atoms with van der Waals surface area (Å²) in [5.74, 6) is -1.33. The number of rotatable bonds is 1. The molecule has 0 aromatic heterocycles. The number of nitrogens with two attached hydrogens (primary N) is 1. The summed E-state index contributed by atoms with van der Waals surface area (Å²) in [6.45, 7) is 0. The molecule has 0 aliphatic carbocycles. The highest BCUT2D eigenvalue weighted by molar-refractivity contribution is 6.02. The van der Waals surface area contributed by atoms with Crippen LogP contribution in [0.5, 0.6) is 11.5 Å². The number of phenols is 2. The Morgan fingerprint density at radius 2 is 1.93 bits per heavy atom. The smallest absolute Gasteiger partial charge is 0.199 e. The molecule has 0 saturated carbocycles. The van der Waals surface area contributed by atoms with Crippen LogP contribution in [0.15, 0.2) is 18.2 Å². The third-order valence-corrected chi connectivity index (χ3v) is 1.53. The minimum absolute atomic E-state index is 0.147. The van der Waals surface area contributed by atoms with E-state index in [4.69, 9.17) is 21.7 Å². The molecule has 0 spiro atoms. The van der Waals surface area contributed by atoms with Crippen molar-refractivity contribution in [2.75, 3.05) is 5.32 Å². The van der Waals surface area contributed by atoms with Gasteiger partial charge in [0.25, 0.3) is 0 Å². The van der Waals surface area contributed by atoms with Crippen LogP contribution in [0.1, 0.15) is 0 Å². The molecular weight excluding hydrogens is 198 g/mol. The fourth-order valence-electron chi connectivity index (χ4n) is 0.933. The number of hydrogen-bond acceptors (Lipinski definition) is 4. The second-order valence-electron chi connectivity index (χ2n) is 2.71. The van der Waals surface area contributed by atoms with E-state index in [1.807, 2.05) is 0 Å². The molecule has 0 heterocycles. The van der Waals surface area contributed by atoms with Crippen LogP contribution < -0.4 is 16.4 Å². The maximum absolute atomic E-state index is 9.36. The van der Waals surface area contributed by atoms with E-state index in [0.717, 1.165) is 0 Å². The molecular formula is C8H11N5O2. The lowest BCUT2D eigenvalue weighted by atomic mass is 10.2. The van der Waals surface area contributed by atoms with Crippen LogP contribution in [0.4, 0.5) is 5.69 Å². The zero-order valence-electron chi connectivity index (χ0n) is 7.70. The molecule has 8 N–H and O–H groups in total. The van der Waals surface area contributed by atoms with Crippen LogP contribution in [0.2, 0.25) is 0 Å².